The number of ether oxygens (including phenoxy) is 1. The number of hydrogen-bond donors (Lipinski definition) is 1. The lowest BCUT2D eigenvalue weighted by Gasteiger charge is -2.35. The summed E-state index contributed by atoms with van der Waals surface area (Å²) in [5.41, 5.74) is 0. The van der Waals surface area contributed by atoms with Gasteiger partial charge in [-0.05, 0) is 37.4 Å². The van der Waals surface area contributed by atoms with Crippen LogP contribution in [-0.4, -0.2) is 43.6 Å². The summed E-state index contributed by atoms with van der Waals surface area (Å²) in [6, 6.07) is 10.1. The molecule has 2 rings (SSSR count). The lowest BCUT2D eigenvalue weighted by molar-refractivity contribution is -0.123. The van der Waals surface area contributed by atoms with Crippen LogP contribution >= 0.6 is 0 Å². The summed E-state index contributed by atoms with van der Waals surface area (Å²) in [5.74, 6) is 2.26. The second kappa shape index (κ2) is 8.92. The van der Waals surface area contributed by atoms with Gasteiger partial charge in [0.05, 0.1) is 6.54 Å². The molecule has 0 aliphatic heterocycles. The van der Waals surface area contributed by atoms with Gasteiger partial charge in [0.15, 0.2) is 0 Å². The Hall–Kier alpha value is -1.55. The molecule has 1 aliphatic carbocycles. The minimum absolute atomic E-state index is 0.123. The summed E-state index contributed by atoms with van der Waals surface area (Å²) in [5, 5.41) is 3.22. The van der Waals surface area contributed by atoms with Crippen LogP contribution in [0.15, 0.2) is 30.3 Å². The topological polar surface area (TPSA) is 41.6 Å². The highest BCUT2D eigenvalue weighted by Crippen LogP contribution is 2.29. The molecule has 4 nitrogen and oxygen atoms in total. The Labute approximate surface area is 140 Å². The average Bonchev–Trinajstić information content (AvgIpc) is 2.53. The van der Waals surface area contributed by atoms with Crippen molar-refractivity contribution < 1.29 is 9.53 Å². The predicted octanol–water partition coefficient (Wildman–Crippen LogP) is 2.94. The Morgan fingerprint density at radius 3 is 2.74 bits per heavy atom. The molecule has 4 heteroatoms. The molecule has 128 valence electrons. The van der Waals surface area contributed by atoms with Gasteiger partial charge in [-0.1, -0.05) is 44.9 Å². The molecule has 0 spiro atoms. The van der Waals surface area contributed by atoms with E-state index in [-0.39, 0.29) is 5.91 Å². The largest absolute Gasteiger partial charge is 0.492 e. The molecule has 1 aromatic carbocycles. The molecule has 0 bridgehead atoms. The van der Waals surface area contributed by atoms with Crippen molar-refractivity contribution in [3.8, 4) is 5.75 Å². The van der Waals surface area contributed by atoms with E-state index in [1.807, 2.05) is 42.3 Å². The van der Waals surface area contributed by atoms with Crippen LogP contribution in [0.4, 0.5) is 0 Å². The van der Waals surface area contributed by atoms with Gasteiger partial charge >= 0.3 is 0 Å². The van der Waals surface area contributed by atoms with Gasteiger partial charge in [0.25, 0.3) is 0 Å². The Balaban J connectivity index is 1.66. The van der Waals surface area contributed by atoms with Crippen LogP contribution in [0.2, 0.25) is 0 Å². The molecule has 0 saturated heterocycles. The standard InChI is InChI=1S/C19H30N2O2/c1-15-8-7-11-18(16(15)2)20-19(22)14-21(3)12-13-23-17-9-5-4-6-10-17/h4-6,9-10,15-16,18H,7-8,11-14H2,1-3H3,(H,20,22)/t15-,16-,18-/m1/s1. The monoisotopic (exact) mass is 318 g/mol. The fraction of sp³-hybridized carbons (Fsp3) is 0.632. The molecule has 1 amide bonds. The second-order valence-electron chi connectivity index (χ2n) is 6.84. The third kappa shape index (κ3) is 5.87. The van der Waals surface area contributed by atoms with Gasteiger partial charge in [0, 0.05) is 12.6 Å². The minimum Gasteiger partial charge on any atom is -0.492 e. The molecule has 1 aliphatic rings. The number of nitrogens with one attached hydrogen (secondary N) is 1. The zero-order valence-corrected chi connectivity index (χ0v) is 14.6. The summed E-state index contributed by atoms with van der Waals surface area (Å²) in [6.07, 6.45) is 3.61. The molecule has 0 aromatic heterocycles. The number of para-hydroxylation sites is 1. The first kappa shape index (κ1) is 17.8. The maximum atomic E-state index is 12.2. The van der Waals surface area contributed by atoms with E-state index in [4.69, 9.17) is 4.74 Å². The average molecular weight is 318 g/mol. The minimum atomic E-state index is 0.123. The SMILES string of the molecule is C[C@@H]1[C@H](C)CCC[C@H]1NC(=O)CN(C)CCOc1ccccc1. The molecule has 1 N–H and O–H groups in total. The fourth-order valence-electron chi connectivity index (χ4n) is 3.20. The van der Waals surface area contributed by atoms with Crippen LogP contribution in [0.5, 0.6) is 5.75 Å². The van der Waals surface area contributed by atoms with E-state index < -0.39 is 0 Å². The zero-order valence-electron chi connectivity index (χ0n) is 14.6. The Morgan fingerprint density at radius 2 is 2.00 bits per heavy atom. The van der Waals surface area contributed by atoms with E-state index in [0.717, 1.165) is 18.7 Å². The lowest BCUT2D eigenvalue weighted by atomic mass is 9.78. The summed E-state index contributed by atoms with van der Waals surface area (Å²) in [6.45, 7) is 6.29. The first-order valence-corrected chi connectivity index (χ1v) is 8.72. The smallest absolute Gasteiger partial charge is 0.234 e. The third-order valence-electron chi connectivity index (χ3n) is 4.95. The Bertz CT molecular complexity index is 478. The van der Waals surface area contributed by atoms with Crippen molar-refractivity contribution in [2.24, 2.45) is 11.8 Å². The van der Waals surface area contributed by atoms with E-state index in [2.05, 4.69) is 19.2 Å². The number of hydrogen-bond acceptors (Lipinski definition) is 3. The maximum Gasteiger partial charge on any atom is 0.234 e. The quantitative estimate of drug-likeness (QED) is 0.840. The zero-order chi connectivity index (χ0) is 16.7. The molecule has 23 heavy (non-hydrogen) atoms. The molecule has 1 fully saturated rings. The van der Waals surface area contributed by atoms with Crippen molar-refractivity contribution in [1.82, 2.24) is 10.2 Å². The highest BCUT2D eigenvalue weighted by Gasteiger charge is 2.28. The molecule has 0 radical (unpaired) electrons. The Morgan fingerprint density at radius 1 is 1.26 bits per heavy atom. The molecule has 0 unspecified atom stereocenters. The van der Waals surface area contributed by atoms with E-state index in [1.54, 1.807) is 0 Å². The highest BCUT2D eigenvalue weighted by atomic mass is 16.5. The second-order valence-corrected chi connectivity index (χ2v) is 6.84. The number of rotatable bonds is 7. The highest BCUT2D eigenvalue weighted by molar-refractivity contribution is 5.78. The third-order valence-corrected chi connectivity index (χ3v) is 4.95. The van der Waals surface area contributed by atoms with Crippen molar-refractivity contribution in [3.63, 3.8) is 0 Å². The summed E-state index contributed by atoms with van der Waals surface area (Å²) < 4.78 is 5.67. The van der Waals surface area contributed by atoms with Gasteiger partial charge in [-0.3, -0.25) is 9.69 Å². The maximum absolute atomic E-state index is 12.2. The van der Waals surface area contributed by atoms with Crippen molar-refractivity contribution >= 4 is 5.91 Å². The van der Waals surface area contributed by atoms with Crippen molar-refractivity contribution in [2.45, 2.75) is 39.2 Å². The van der Waals surface area contributed by atoms with Crippen molar-refractivity contribution in [3.05, 3.63) is 30.3 Å². The molecule has 1 saturated carbocycles. The van der Waals surface area contributed by atoms with Crippen LogP contribution in [0.1, 0.15) is 33.1 Å². The normalized spacial score (nSPS) is 24.4. The lowest BCUT2D eigenvalue weighted by Crippen LogP contribution is -2.47. The van der Waals surface area contributed by atoms with Crippen LogP contribution in [-0.2, 0) is 4.79 Å². The van der Waals surface area contributed by atoms with Crippen molar-refractivity contribution in [1.29, 1.82) is 0 Å². The van der Waals surface area contributed by atoms with Gasteiger partial charge in [-0.25, -0.2) is 0 Å². The number of nitrogens with zero attached hydrogens (tertiary/aromatic N) is 1. The summed E-state index contributed by atoms with van der Waals surface area (Å²) in [4.78, 5) is 14.2. The summed E-state index contributed by atoms with van der Waals surface area (Å²) in [7, 11) is 1.96. The van der Waals surface area contributed by atoms with E-state index >= 15 is 0 Å². The van der Waals surface area contributed by atoms with E-state index in [1.165, 1.54) is 12.8 Å². The first-order chi connectivity index (χ1) is 11.1. The molecule has 3 atom stereocenters. The van der Waals surface area contributed by atoms with Crippen LogP contribution in [0, 0.1) is 11.8 Å². The number of carbonyl (C=O) groups is 1. The summed E-state index contributed by atoms with van der Waals surface area (Å²) >= 11 is 0. The predicted molar refractivity (Wildman–Crippen MR) is 93.5 cm³/mol. The first-order valence-electron chi connectivity index (χ1n) is 8.72. The van der Waals surface area contributed by atoms with Crippen molar-refractivity contribution in [2.75, 3.05) is 26.7 Å². The van der Waals surface area contributed by atoms with Crippen LogP contribution < -0.4 is 10.1 Å². The van der Waals surface area contributed by atoms with E-state index in [9.17, 15) is 4.79 Å². The number of amides is 1. The van der Waals surface area contributed by atoms with Crippen LogP contribution in [0.25, 0.3) is 0 Å². The molecular weight excluding hydrogens is 288 g/mol. The molecule has 0 heterocycles. The van der Waals surface area contributed by atoms with E-state index in [0.29, 0.717) is 31.0 Å². The molecular formula is C19H30N2O2. The number of benzene rings is 1. The fourth-order valence-corrected chi connectivity index (χ4v) is 3.20. The van der Waals surface area contributed by atoms with Gasteiger partial charge in [-0.2, -0.15) is 0 Å². The number of likely N-dealkylation sites (N-methyl/N-ethyl adjacent to an activating group) is 1. The molecule has 1 aromatic rings. The van der Waals surface area contributed by atoms with Crippen LogP contribution in [0.3, 0.4) is 0 Å². The van der Waals surface area contributed by atoms with Gasteiger partial charge in [0.2, 0.25) is 5.91 Å². The van der Waals surface area contributed by atoms with Gasteiger partial charge in [0.1, 0.15) is 12.4 Å². The Kier molecular flexibility index (Phi) is 6.90. The van der Waals surface area contributed by atoms with Gasteiger partial charge < -0.3 is 10.1 Å². The van der Waals surface area contributed by atoms with Gasteiger partial charge in [-0.15, -0.1) is 0 Å². The number of carbonyl (C=O) groups excluding carboxylic acids is 1.